The largest absolute Gasteiger partial charge is 0.487 e. The Morgan fingerprint density at radius 1 is 1.05 bits per heavy atom. The molecule has 0 unspecified atom stereocenters. The van der Waals surface area contributed by atoms with Crippen LogP contribution in [0.25, 0.3) is 0 Å². The van der Waals surface area contributed by atoms with Gasteiger partial charge in [-0.3, -0.25) is 9.10 Å². The lowest BCUT2D eigenvalue weighted by molar-refractivity contribution is -0.129. The maximum absolute atomic E-state index is 13.7. The molecule has 3 aromatic carbocycles. The molecule has 2 atom stereocenters. The number of ether oxygens (including phenoxy) is 2. The Hall–Kier alpha value is -3.23. The molecule has 1 N–H and O–H groups in total. The van der Waals surface area contributed by atoms with Gasteiger partial charge in [0.15, 0.2) is 6.10 Å². The van der Waals surface area contributed by atoms with Gasteiger partial charge in [-0.05, 0) is 56.2 Å². The Morgan fingerprint density at radius 2 is 1.76 bits per heavy atom. The van der Waals surface area contributed by atoms with Crippen molar-refractivity contribution in [3.63, 3.8) is 0 Å². The quantitative estimate of drug-likeness (QED) is 0.416. The van der Waals surface area contributed by atoms with Crippen molar-refractivity contribution in [2.24, 2.45) is 0 Å². The molecule has 2 aliphatic rings. The minimum Gasteiger partial charge on any atom is -0.487 e. The first-order valence-corrected chi connectivity index (χ1v) is 14.6. The standard InChI is InChI=1S/C29H31ClN2O5S/c1-4-29(5-2)17-23(22-8-6-7-9-25(22)37-29)31-28(33)27-18-32(24-16-20(30)12-15-26(24)36-27)38(34,35)21-13-10-19(3)11-14-21/h6-16,23,27H,4-5,17-18H2,1-3H3,(H,31,33)/t23-,27+/m1/s1. The average molecular weight is 555 g/mol. The second-order valence-corrected chi connectivity index (χ2v) is 12.2. The lowest BCUT2D eigenvalue weighted by atomic mass is 9.83. The van der Waals surface area contributed by atoms with E-state index in [2.05, 4.69) is 19.2 Å². The van der Waals surface area contributed by atoms with Crippen LogP contribution in [0.15, 0.2) is 71.6 Å². The molecule has 200 valence electrons. The second kappa shape index (κ2) is 10.2. The van der Waals surface area contributed by atoms with Gasteiger partial charge in [-0.2, -0.15) is 0 Å². The highest BCUT2D eigenvalue weighted by Crippen LogP contribution is 2.43. The number of rotatable bonds is 6. The molecule has 5 rings (SSSR count). The van der Waals surface area contributed by atoms with Crippen LogP contribution in [0.2, 0.25) is 5.02 Å². The van der Waals surface area contributed by atoms with Crippen LogP contribution in [0.5, 0.6) is 11.5 Å². The summed E-state index contributed by atoms with van der Waals surface area (Å²) in [6.45, 7) is 5.86. The summed E-state index contributed by atoms with van der Waals surface area (Å²) < 4.78 is 41.1. The van der Waals surface area contributed by atoms with Gasteiger partial charge in [0, 0.05) is 17.0 Å². The number of nitrogens with zero attached hydrogens (tertiary/aromatic N) is 1. The van der Waals surface area contributed by atoms with Crippen LogP contribution < -0.4 is 19.1 Å². The van der Waals surface area contributed by atoms with Crippen LogP contribution in [0.1, 0.15) is 50.3 Å². The Kier molecular flexibility index (Phi) is 7.05. The molecule has 2 aliphatic heterocycles. The lowest BCUT2D eigenvalue weighted by Crippen LogP contribution is -2.52. The molecule has 0 saturated carbocycles. The van der Waals surface area contributed by atoms with Crippen LogP contribution in [-0.4, -0.2) is 32.6 Å². The minimum absolute atomic E-state index is 0.129. The van der Waals surface area contributed by atoms with Crippen LogP contribution >= 0.6 is 11.6 Å². The molecule has 0 aromatic heterocycles. The molecule has 3 aromatic rings. The number of anilines is 1. The number of sulfonamides is 1. The molecular formula is C29H31ClN2O5S. The van der Waals surface area contributed by atoms with Crippen molar-refractivity contribution in [3.05, 3.63) is 82.9 Å². The zero-order valence-electron chi connectivity index (χ0n) is 21.6. The summed E-state index contributed by atoms with van der Waals surface area (Å²) in [4.78, 5) is 13.8. The molecule has 0 saturated heterocycles. The van der Waals surface area contributed by atoms with Gasteiger partial charge in [0.25, 0.3) is 15.9 Å². The number of hydrogen-bond donors (Lipinski definition) is 1. The molecule has 7 nitrogen and oxygen atoms in total. The number of aryl methyl sites for hydroxylation is 1. The Morgan fingerprint density at radius 3 is 2.47 bits per heavy atom. The molecule has 0 spiro atoms. The average Bonchev–Trinajstić information content (AvgIpc) is 2.92. The molecule has 1 amide bonds. The van der Waals surface area contributed by atoms with E-state index in [1.54, 1.807) is 42.5 Å². The topological polar surface area (TPSA) is 84.9 Å². The van der Waals surface area contributed by atoms with E-state index in [0.717, 1.165) is 29.7 Å². The van der Waals surface area contributed by atoms with Gasteiger partial charge in [-0.15, -0.1) is 0 Å². The number of benzene rings is 3. The molecule has 0 bridgehead atoms. The number of nitrogens with one attached hydrogen (secondary N) is 1. The van der Waals surface area contributed by atoms with E-state index in [1.807, 2.05) is 31.2 Å². The summed E-state index contributed by atoms with van der Waals surface area (Å²) >= 11 is 6.22. The normalized spacial score (nSPS) is 19.9. The van der Waals surface area contributed by atoms with Gasteiger partial charge in [0.1, 0.15) is 17.1 Å². The first kappa shape index (κ1) is 26.4. The van der Waals surface area contributed by atoms with Crippen molar-refractivity contribution in [3.8, 4) is 11.5 Å². The fraction of sp³-hybridized carbons (Fsp3) is 0.345. The van der Waals surface area contributed by atoms with Crippen molar-refractivity contribution in [2.75, 3.05) is 10.8 Å². The van der Waals surface area contributed by atoms with Gasteiger partial charge in [-0.1, -0.05) is 61.3 Å². The van der Waals surface area contributed by atoms with Crippen molar-refractivity contribution >= 4 is 33.2 Å². The van der Waals surface area contributed by atoms with Crippen LogP contribution in [0.3, 0.4) is 0 Å². The van der Waals surface area contributed by atoms with Gasteiger partial charge in [0.2, 0.25) is 0 Å². The number of fused-ring (bicyclic) bond motifs is 2. The minimum atomic E-state index is -3.99. The monoisotopic (exact) mass is 554 g/mol. The van der Waals surface area contributed by atoms with E-state index < -0.39 is 27.6 Å². The third kappa shape index (κ3) is 4.83. The predicted molar refractivity (Wildman–Crippen MR) is 147 cm³/mol. The third-order valence-electron chi connectivity index (χ3n) is 7.49. The highest BCUT2D eigenvalue weighted by molar-refractivity contribution is 7.92. The summed E-state index contributed by atoms with van der Waals surface area (Å²) in [7, 11) is -3.99. The van der Waals surface area contributed by atoms with E-state index in [4.69, 9.17) is 21.1 Å². The maximum Gasteiger partial charge on any atom is 0.264 e. The van der Waals surface area contributed by atoms with E-state index in [0.29, 0.717) is 17.1 Å². The van der Waals surface area contributed by atoms with Gasteiger partial charge in [-0.25, -0.2) is 8.42 Å². The van der Waals surface area contributed by atoms with E-state index in [-0.39, 0.29) is 23.2 Å². The summed E-state index contributed by atoms with van der Waals surface area (Å²) in [6.07, 6.45) is 1.13. The first-order valence-electron chi connectivity index (χ1n) is 12.8. The van der Waals surface area contributed by atoms with Gasteiger partial charge < -0.3 is 14.8 Å². The van der Waals surface area contributed by atoms with Crippen molar-refractivity contribution in [2.45, 2.75) is 62.7 Å². The SMILES string of the molecule is CCC1(CC)C[C@@H](NC(=O)[C@@H]2CN(S(=O)(=O)c3ccc(C)cc3)c3cc(Cl)ccc3O2)c2ccccc2O1. The number of halogens is 1. The summed E-state index contributed by atoms with van der Waals surface area (Å²) in [5.74, 6) is 0.638. The molecule has 2 heterocycles. The second-order valence-electron chi connectivity index (χ2n) is 9.86. The van der Waals surface area contributed by atoms with Gasteiger partial charge in [0.05, 0.1) is 23.2 Å². The number of carbonyl (C=O) groups is 1. The number of carbonyl (C=O) groups excluding carboxylic acids is 1. The van der Waals surface area contributed by atoms with Crippen molar-refractivity contribution in [1.29, 1.82) is 0 Å². The third-order valence-corrected chi connectivity index (χ3v) is 9.52. The van der Waals surface area contributed by atoms with Crippen LogP contribution in [0, 0.1) is 6.92 Å². The van der Waals surface area contributed by atoms with Crippen LogP contribution in [-0.2, 0) is 14.8 Å². The smallest absolute Gasteiger partial charge is 0.264 e. The van der Waals surface area contributed by atoms with E-state index in [1.165, 1.54) is 4.31 Å². The van der Waals surface area contributed by atoms with Crippen molar-refractivity contribution < 1.29 is 22.7 Å². The Balaban J connectivity index is 1.47. The van der Waals surface area contributed by atoms with E-state index >= 15 is 0 Å². The van der Waals surface area contributed by atoms with Gasteiger partial charge >= 0.3 is 0 Å². The summed E-state index contributed by atoms with van der Waals surface area (Å²) in [5.41, 5.74) is 1.74. The zero-order valence-corrected chi connectivity index (χ0v) is 23.2. The number of amides is 1. The molecule has 0 aliphatic carbocycles. The number of hydrogen-bond acceptors (Lipinski definition) is 5. The number of para-hydroxylation sites is 1. The summed E-state index contributed by atoms with van der Waals surface area (Å²) in [5, 5.41) is 3.51. The Labute approximate surface area is 228 Å². The summed E-state index contributed by atoms with van der Waals surface area (Å²) in [6, 6.07) is 18.8. The predicted octanol–water partition coefficient (Wildman–Crippen LogP) is 5.80. The molecular weight excluding hydrogens is 524 g/mol. The molecule has 9 heteroatoms. The fourth-order valence-electron chi connectivity index (χ4n) is 5.12. The molecule has 0 fully saturated rings. The fourth-order valence-corrected chi connectivity index (χ4v) is 6.75. The van der Waals surface area contributed by atoms with Crippen LogP contribution in [0.4, 0.5) is 5.69 Å². The molecule has 0 radical (unpaired) electrons. The highest BCUT2D eigenvalue weighted by Gasteiger charge is 2.42. The van der Waals surface area contributed by atoms with Crippen molar-refractivity contribution in [1.82, 2.24) is 5.32 Å². The maximum atomic E-state index is 13.7. The first-order chi connectivity index (χ1) is 18.2. The highest BCUT2D eigenvalue weighted by atomic mass is 35.5. The van der Waals surface area contributed by atoms with E-state index in [9.17, 15) is 13.2 Å². The zero-order chi connectivity index (χ0) is 27.1. The molecule has 38 heavy (non-hydrogen) atoms. The Bertz CT molecular complexity index is 1450. The lowest BCUT2D eigenvalue weighted by Gasteiger charge is -2.42.